The Bertz CT molecular complexity index is 547. The quantitative estimate of drug-likeness (QED) is 0.832. The second-order valence-corrected chi connectivity index (χ2v) is 4.38. The first-order valence-corrected chi connectivity index (χ1v) is 6.02. The zero-order valence-electron chi connectivity index (χ0n) is 9.51. The summed E-state index contributed by atoms with van der Waals surface area (Å²) >= 11 is 1.67. The van der Waals surface area contributed by atoms with Crippen molar-refractivity contribution < 1.29 is 4.74 Å². The van der Waals surface area contributed by atoms with E-state index in [0.29, 0.717) is 6.54 Å². The third kappa shape index (κ3) is 3.09. The molecular weight excluding hydrogens is 234 g/mol. The molecule has 0 aliphatic rings. The summed E-state index contributed by atoms with van der Waals surface area (Å²) in [6.07, 6.45) is 3.56. The molecule has 2 rings (SSSR count). The van der Waals surface area contributed by atoms with Crippen LogP contribution in [0.2, 0.25) is 0 Å². The summed E-state index contributed by atoms with van der Waals surface area (Å²) in [5.74, 6) is 6.61. The number of aromatic nitrogens is 2. The molecule has 17 heavy (non-hydrogen) atoms. The number of ether oxygens (including phenoxy) is 1. The molecule has 2 aromatic rings. The van der Waals surface area contributed by atoms with Gasteiger partial charge in [-0.2, -0.15) is 5.10 Å². The minimum Gasteiger partial charge on any atom is -0.493 e. The van der Waals surface area contributed by atoms with Crippen LogP contribution < -0.4 is 10.5 Å². The average molecular weight is 247 g/mol. The summed E-state index contributed by atoms with van der Waals surface area (Å²) in [4.78, 5) is 1.21. The molecule has 0 saturated heterocycles. The highest BCUT2D eigenvalue weighted by Crippen LogP contribution is 2.16. The van der Waals surface area contributed by atoms with Gasteiger partial charge in [-0.15, -0.1) is 11.3 Å². The summed E-state index contributed by atoms with van der Waals surface area (Å²) in [6, 6.07) is 2.06. The molecular formula is C12H13N3OS. The lowest BCUT2D eigenvalue weighted by Crippen LogP contribution is -1.97. The van der Waals surface area contributed by atoms with Crippen molar-refractivity contribution in [2.45, 2.75) is 6.54 Å². The fourth-order valence-electron chi connectivity index (χ4n) is 1.38. The average Bonchev–Trinajstić information content (AvgIpc) is 2.96. The van der Waals surface area contributed by atoms with Crippen LogP contribution in [-0.4, -0.2) is 23.4 Å². The van der Waals surface area contributed by atoms with Crippen molar-refractivity contribution in [3.05, 3.63) is 34.3 Å². The maximum Gasteiger partial charge on any atom is 0.156 e. The van der Waals surface area contributed by atoms with E-state index in [-0.39, 0.29) is 0 Å². The highest BCUT2D eigenvalue weighted by atomic mass is 32.1. The van der Waals surface area contributed by atoms with Gasteiger partial charge in [0.2, 0.25) is 0 Å². The maximum absolute atomic E-state index is 5.33. The first-order chi connectivity index (χ1) is 8.31. The van der Waals surface area contributed by atoms with Crippen molar-refractivity contribution in [3.8, 4) is 17.6 Å². The van der Waals surface area contributed by atoms with Crippen LogP contribution in [0.4, 0.5) is 0 Å². The molecule has 0 aliphatic carbocycles. The molecule has 2 heterocycles. The van der Waals surface area contributed by atoms with Gasteiger partial charge in [-0.05, 0) is 6.07 Å². The van der Waals surface area contributed by atoms with Gasteiger partial charge in [-0.1, -0.05) is 11.8 Å². The Kier molecular flexibility index (Phi) is 3.81. The third-order valence-corrected chi connectivity index (χ3v) is 3.07. The number of thiophene rings is 1. The summed E-state index contributed by atoms with van der Waals surface area (Å²) < 4.78 is 6.91. The summed E-state index contributed by atoms with van der Waals surface area (Å²) in [5.41, 5.74) is 6.34. The van der Waals surface area contributed by atoms with Gasteiger partial charge in [0.15, 0.2) is 5.75 Å². The largest absolute Gasteiger partial charge is 0.493 e. The highest BCUT2D eigenvalue weighted by molar-refractivity contribution is 7.10. The molecule has 0 unspecified atom stereocenters. The molecule has 88 valence electrons. The van der Waals surface area contributed by atoms with E-state index in [1.807, 2.05) is 16.3 Å². The molecule has 0 saturated carbocycles. The van der Waals surface area contributed by atoms with Gasteiger partial charge in [0.25, 0.3) is 0 Å². The third-order valence-electron chi connectivity index (χ3n) is 2.15. The molecule has 2 aromatic heterocycles. The van der Waals surface area contributed by atoms with Crippen molar-refractivity contribution in [2.24, 2.45) is 5.73 Å². The Balaban J connectivity index is 2.05. The van der Waals surface area contributed by atoms with Gasteiger partial charge in [-0.25, -0.2) is 0 Å². The monoisotopic (exact) mass is 247 g/mol. The first kappa shape index (κ1) is 11.7. The lowest BCUT2D eigenvalue weighted by atomic mass is 10.3. The van der Waals surface area contributed by atoms with Crippen LogP contribution in [0.3, 0.4) is 0 Å². The summed E-state index contributed by atoms with van der Waals surface area (Å²) in [5, 5.41) is 6.22. The lowest BCUT2D eigenvalue weighted by Gasteiger charge is -1.96. The Labute approximate surface area is 104 Å². The van der Waals surface area contributed by atoms with E-state index in [1.165, 1.54) is 4.88 Å². The van der Waals surface area contributed by atoms with Crippen LogP contribution in [0.15, 0.2) is 23.8 Å². The molecule has 0 atom stereocenters. The Hall–Kier alpha value is -1.77. The van der Waals surface area contributed by atoms with E-state index < -0.39 is 0 Å². The molecule has 0 amide bonds. The fourth-order valence-corrected chi connectivity index (χ4v) is 2.19. The van der Waals surface area contributed by atoms with Crippen LogP contribution >= 0.6 is 11.3 Å². The predicted octanol–water partition coefficient (Wildman–Crippen LogP) is 1.31. The van der Waals surface area contributed by atoms with Crippen molar-refractivity contribution >= 4 is 11.3 Å². The molecule has 2 N–H and O–H groups in total. The Morgan fingerprint density at radius 3 is 3.18 bits per heavy atom. The molecule has 4 nitrogen and oxygen atoms in total. The van der Waals surface area contributed by atoms with E-state index in [0.717, 1.165) is 17.9 Å². The number of methoxy groups -OCH3 is 1. The molecule has 0 aromatic carbocycles. The van der Waals surface area contributed by atoms with E-state index >= 15 is 0 Å². The Morgan fingerprint density at radius 1 is 1.59 bits per heavy atom. The van der Waals surface area contributed by atoms with Gasteiger partial charge in [0.1, 0.15) is 0 Å². The van der Waals surface area contributed by atoms with Crippen molar-refractivity contribution in [1.29, 1.82) is 0 Å². The zero-order chi connectivity index (χ0) is 12.1. The maximum atomic E-state index is 5.33. The molecule has 0 bridgehead atoms. The van der Waals surface area contributed by atoms with Crippen LogP contribution in [0.1, 0.15) is 10.4 Å². The van der Waals surface area contributed by atoms with Crippen molar-refractivity contribution in [2.75, 3.05) is 13.7 Å². The van der Waals surface area contributed by atoms with Gasteiger partial charge >= 0.3 is 0 Å². The van der Waals surface area contributed by atoms with Crippen LogP contribution in [-0.2, 0) is 6.54 Å². The summed E-state index contributed by atoms with van der Waals surface area (Å²) in [6.45, 7) is 1.12. The predicted molar refractivity (Wildman–Crippen MR) is 68.1 cm³/mol. The zero-order valence-corrected chi connectivity index (χ0v) is 10.3. The standard InChI is InChI=1S/C12H13N3OS/c1-16-11-6-14-15(7-11)8-12-5-10(9-17-12)3-2-4-13/h5-7,9H,4,8,13H2,1H3. The van der Waals surface area contributed by atoms with Gasteiger partial charge < -0.3 is 10.5 Å². The second kappa shape index (κ2) is 5.53. The van der Waals surface area contributed by atoms with E-state index in [9.17, 15) is 0 Å². The van der Waals surface area contributed by atoms with Crippen LogP contribution in [0.5, 0.6) is 5.75 Å². The van der Waals surface area contributed by atoms with Gasteiger partial charge in [0, 0.05) is 15.8 Å². The minimum absolute atomic E-state index is 0.390. The highest BCUT2D eigenvalue weighted by Gasteiger charge is 2.01. The number of hydrogen-bond acceptors (Lipinski definition) is 4. The number of nitrogens with two attached hydrogens (primary N) is 1. The van der Waals surface area contributed by atoms with E-state index in [2.05, 4.69) is 23.0 Å². The number of nitrogens with zero attached hydrogens (tertiary/aromatic N) is 2. The normalized spacial score (nSPS) is 9.76. The topological polar surface area (TPSA) is 53.1 Å². The van der Waals surface area contributed by atoms with Gasteiger partial charge in [0.05, 0.1) is 32.6 Å². The van der Waals surface area contributed by atoms with Crippen molar-refractivity contribution in [1.82, 2.24) is 9.78 Å². The Morgan fingerprint density at radius 2 is 2.47 bits per heavy atom. The molecule has 0 radical (unpaired) electrons. The molecule has 0 spiro atoms. The van der Waals surface area contributed by atoms with E-state index in [1.54, 1.807) is 24.6 Å². The molecule has 5 heteroatoms. The van der Waals surface area contributed by atoms with Crippen LogP contribution in [0.25, 0.3) is 0 Å². The molecule has 0 fully saturated rings. The second-order valence-electron chi connectivity index (χ2n) is 3.39. The van der Waals surface area contributed by atoms with Crippen molar-refractivity contribution in [3.63, 3.8) is 0 Å². The SMILES string of the molecule is COc1cnn(Cc2cc(C#CCN)cs2)c1. The lowest BCUT2D eigenvalue weighted by molar-refractivity contribution is 0.414. The minimum atomic E-state index is 0.390. The van der Waals surface area contributed by atoms with E-state index in [4.69, 9.17) is 10.5 Å². The number of hydrogen-bond donors (Lipinski definition) is 1. The molecule has 0 aliphatic heterocycles. The first-order valence-electron chi connectivity index (χ1n) is 5.14. The number of rotatable bonds is 3. The van der Waals surface area contributed by atoms with Crippen LogP contribution in [0, 0.1) is 11.8 Å². The van der Waals surface area contributed by atoms with Gasteiger partial charge in [-0.3, -0.25) is 4.68 Å². The summed E-state index contributed by atoms with van der Waals surface area (Å²) in [7, 11) is 1.63. The smallest absolute Gasteiger partial charge is 0.156 e. The fraction of sp³-hybridized carbons (Fsp3) is 0.250.